The van der Waals surface area contributed by atoms with E-state index >= 15 is 0 Å². The first-order chi connectivity index (χ1) is 7.87. The van der Waals surface area contributed by atoms with E-state index < -0.39 is 58.2 Å². The zero-order valence-corrected chi connectivity index (χ0v) is 11.6. The fourth-order valence-electron chi connectivity index (χ4n) is 0.807. The lowest BCUT2D eigenvalue weighted by atomic mass is 10.9. The van der Waals surface area contributed by atoms with Gasteiger partial charge >= 0.3 is 24.6 Å². The van der Waals surface area contributed by atoms with Crippen molar-refractivity contribution < 1.29 is 46.7 Å². The Balaban J connectivity index is 6.59. The van der Waals surface area contributed by atoms with Crippen LogP contribution in [0.3, 0.4) is 0 Å². The van der Waals surface area contributed by atoms with Gasteiger partial charge in [0.25, 0.3) is 0 Å². The van der Waals surface area contributed by atoms with Crippen molar-refractivity contribution in [2.75, 3.05) is 0 Å². The van der Waals surface area contributed by atoms with Crippen LogP contribution in [0.4, 0.5) is 21.4 Å². The Morgan fingerprint density at radius 1 is 0.737 bits per heavy atom. The summed E-state index contributed by atoms with van der Waals surface area (Å²) in [6.07, 6.45) is 0. The molecule has 0 radical (unpaired) electrons. The highest BCUT2D eigenvalue weighted by Crippen LogP contribution is 2.37. The Hall–Kier alpha value is -0.500. The van der Waals surface area contributed by atoms with Gasteiger partial charge in [-0.15, -0.1) is 3.89 Å². The van der Waals surface area contributed by atoms with Gasteiger partial charge in [0.05, 0.1) is 0 Å². The van der Waals surface area contributed by atoms with E-state index in [1.54, 1.807) is 0 Å². The largest absolute Gasteiger partial charge is 0.345 e. The Kier molecular flexibility index (Phi) is 4.39. The molecule has 0 bridgehead atoms. The van der Waals surface area contributed by atoms with Crippen LogP contribution in [0.25, 0.3) is 0 Å². The van der Waals surface area contributed by atoms with Crippen molar-refractivity contribution in [1.82, 2.24) is 0 Å². The Morgan fingerprint density at radius 2 is 0.947 bits per heavy atom. The van der Waals surface area contributed by atoms with Gasteiger partial charge in [0.15, 0.2) is 0 Å². The molecule has 0 aromatic rings. The van der Waals surface area contributed by atoms with Crippen LogP contribution in [-0.4, -0.2) is 39.7 Å². The highest BCUT2D eigenvalue weighted by atomic mass is 32.3. The van der Waals surface area contributed by atoms with Crippen LogP contribution >= 0.6 is 0 Å². The van der Waals surface area contributed by atoms with Gasteiger partial charge in [0.1, 0.15) is 0 Å². The minimum absolute atomic E-state index is 0.468. The lowest BCUT2D eigenvalue weighted by Crippen LogP contribution is -2.48. The van der Waals surface area contributed by atoms with Gasteiger partial charge in [-0.25, -0.2) is 16.8 Å². The quantitative estimate of drug-likeness (QED) is 0.530. The van der Waals surface area contributed by atoms with Crippen molar-refractivity contribution in [3.8, 4) is 0 Å². The molecule has 0 aliphatic heterocycles. The Morgan fingerprint density at radius 3 is 1.05 bits per heavy atom. The van der Waals surface area contributed by atoms with Crippen LogP contribution in [-0.2, 0) is 29.9 Å². The molecular formula is C5H7F5O6S3. The Bertz CT molecular complexity index is 605. The molecule has 0 unspecified atom stereocenters. The summed E-state index contributed by atoms with van der Waals surface area (Å²) in [4.78, 5) is 0. The molecule has 0 aromatic heterocycles. The zero-order valence-electron chi connectivity index (χ0n) is 9.14. The first-order valence-electron chi connectivity index (χ1n) is 4.03. The second kappa shape index (κ2) is 4.51. The topological polar surface area (TPSA) is 102 Å². The van der Waals surface area contributed by atoms with Gasteiger partial charge in [-0.05, 0) is 0 Å². The maximum atomic E-state index is 12.7. The molecule has 0 atom stereocenters. The molecule has 0 spiro atoms. The molecule has 14 heteroatoms. The predicted octanol–water partition coefficient (Wildman–Crippen LogP) is 0.624. The number of alkyl halides is 4. The van der Waals surface area contributed by atoms with Crippen molar-refractivity contribution >= 4 is 29.9 Å². The van der Waals surface area contributed by atoms with Gasteiger partial charge in [-0.1, -0.05) is 0 Å². The molecule has 0 aliphatic rings. The zero-order chi connectivity index (χ0) is 16.1. The monoisotopic (exact) mass is 354 g/mol. The summed E-state index contributed by atoms with van der Waals surface area (Å²) < 4.78 is 124. The van der Waals surface area contributed by atoms with Crippen molar-refractivity contribution in [2.24, 2.45) is 0 Å². The summed E-state index contributed by atoms with van der Waals surface area (Å²) in [6.45, 7) is -0.937. The molecule has 0 aliphatic carbocycles. The summed E-state index contributed by atoms with van der Waals surface area (Å²) >= 11 is 0. The van der Waals surface area contributed by atoms with E-state index in [2.05, 4.69) is 0 Å². The minimum atomic E-state index is -6.78. The molecule has 0 saturated heterocycles. The van der Waals surface area contributed by atoms with E-state index in [-0.39, 0.29) is 0 Å². The number of hydrogen-bond acceptors (Lipinski definition) is 6. The van der Waals surface area contributed by atoms with E-state index in [4.69, 9.17) is 0 Å². The maximum absolute atomic E-state index is 12.7. The van der Waals surface area contributed by atoms with E-state index in [0.717, 1.165) is 0 Å². The van der Waals surface area contributed by atoms with Crippen LogP contribution in [0.2, 0.25) is 0 Å². The third-order valence-electron chi connectivity index (χ3n) is 1.74. The van der Waals surface area contributed by atoms with Crippen molar-refractivity contribution in [3.63, 3.8) is 0 Å². The average molecular weight is 354 g/mol. The molecule has 116 valence electrons. The summed E-state index contributed by atoms with van der Waals surface area (Å²) in [7, 11) is -20.0. The molecule has 0 aromatic carbocycles. The van der Waals surface area contributed by atoms with Crippen molar-refractivity contribution in [1.29, 1.82) is 0 Å². The SMILES string of the molecule is CC(F)(F)S(=O)(=O)C(S(=O)(=O)F)S(=O)(=O)C(C)(F)F. The standard InChI is InChI=1S/C5H7F5O6S3/c1-4(6,7)17(11,12)3(19(10,15)16)18(13,14)5(2,8)9/h3H,1-2H3. The second-order valence-electron chi connectivity index (χ2n) is 3.47. The van der Waals surface area contributed by atoms with Gasteiger partial charge in [0.2, 0.25) is 19.7 Å². The number of rotatable bonds is 5. The van der Waals surface area contributed by atoms with Crippen LogP contribution in [0.15, 0.2) is 0 Å². The lowest BCUT2D eigenvalue weighted by molar-refractivity contribution is 0.110. The third-order valence-corrected chi connectivity index (χ3v) is 9.63. The average Bonchev–Trinajstić information content (AvgIpc) is 1.93. The van der Waals surface area contributed by atoms with Gasteiger partial charge in [0, 0.05) is 13.8 Å². The summed E-state index contributed by atoms with van der Waals surface area (Å²) in [5.74, 6) is 0. The molecule has 0 rings (SSSR count). The third kappa shape index (κ3) is 3.34. The molecule has 0 saturated carbocycles. The molecule has 0 heterocycles. The summed E-state index contributed by atoms with van der Waals surface area (Å²) in [5.41, 5.74) is 0. The van der Waals surface area contributed by atoms with Gasteiger partial charge in [-0.3, -0.25) is 0 Å². The minimum Gasteiger partial charge on any atom is -0.220 e. The van der Waals surface area contributed by atoms with Crippen LogP contribution in [0, 0.1) is 0 Å². The highest BCUT2D eigenvalue weighted by molar-refractivity contribution is 8.23. The fraction of sp³-hybridized carbons (Fsp3) is 1.00. The summed E-state index contributed by atoms with van der Waals surface area (Å²) in [6, 6.07) is 0. The smallest absolute Gasteiger partial charge is 0.220 e. The Labute approximate surface area is 105 Å². The molecule has 0 fully saturated rings. The molecule has 6 nitrogen and oxygen atoms in total. The number of hydrogen-bond donors (Lipinski definition) is 0. The maximum Gasteiger partial charge on any atom is 0.345 e. The van der Waals surface area contributed by atoms with Crippen LogP contribution in [0.5, 0.6) is 0 Å². The number of sulfone groups is 2. The highest BCUT2D eigenvalue weighted by Gasteiger charge is 2.64. The van der Waals surface area contributed by atoms with Crippen molar-refractivity contribution in [2.45, 2.75) is 28.3 Å². The fourth-order valence-corrected chi connectivity index (χ4v) is 7.27. The normalized spacial score (nSPS) is 15.8. The van der Waals surface area contributed by atoms with Gasteiger partial charge in [-0.2, -0.15) is 26.0 Å². The van der Waals surface area contributed by atoms with E-state index in [1.165, 1.54) is 0 Å². The second-order valence-corrected chi connectivity index (χ2v) is 10.3. The first-order valence-corrected chi connectivity index (χ1v) is 8.56. The first kappa shape index (κ1) is 18.5. The summed E-state index contributed by atoms with van der Waals surface area (Å²) in [5, 5.41) is -10.1. The van der Waals surface area contributed by atoms with Crippen molar-refractivity contribution in [3.05, 3.63) is 0 Å². The molecule has 0 N–H and O–H groups in total. The van der Waals surface area contributed by atoms with Crippen LogP contribution in [0.1, 0.15) is 13.8 Å². The molecule has 19 heavy (non-hydrogen) atoms. The van der Waals surface area contributed by atoms with E-state index in [0.29, 0.717) is 0 Å². The van der Waals surface area contributed by atoms with E-state index in [1.807, 2.05) is 0 Å². The molecular weight excluding hydrogens is 347 g/mol. The lowest BCUT2D eigenvalue weighted by Gasteiger charge is -2.21. The predicted molar refractivity (Wildman–Crippen MR) is 52.9 cm³/mol. The van der Waals surface area contributed by atoms with E-state index in [9.17, 15) is 46.7 Å². The van der Waals surface area contributed by atoms with Crippen LogP contribution < -0.4 is 0 Å². The number of halogens is 5. The molecule has 0 amide bonds. The van der Waals surface area contributed by atoms with Gasteiger partial charge < -0.3 is 0 Å².